The molecule has 1 aliphatic carbocycles. The molecule has 0 atom stereocenters. The van der Waals surface area contributed by atoms with Gasteiger partial charge in [-0.3, -0.25) is 0 Å². The van der Waals surface area contributed by atoms with Gasteiger partial charge in [-0.05, 0) is 190 Å². The van der Waals surface area contributed by atoms with E-state index in [9.17, 15) is 0 Å². The van der Waals surface area contributed by atoms with Crippen molar-refractivity contribution < 1.29 is 0 Å². The van der Waals surface area contributed by atoms with Crippen molar-refractivity contribution in [2.45, 2.75) is 27.7 Å². The van der Waals surface area contributed by atoms with Crippen molar-refractivity contribution in [3.63, 3.8) is 0 Å². The van der Waals surface area contributed by atoms with Crippen molar-refractivity contribution in [3.8, 4) is 66.8 Å². The number of hydrogen-bond acceptors (Lipinski definition) is 0. The van der Waals surface area contributed by atoms with Crippen molar-refractivity contribution in [3.05, 3.63) is 192 Å². The molecule has 0 fully saturated rings. The van der Waals surface area contributed by atoms with Gasteiger partial charge in [-0.25, -0.2) is 0 Å². The van der Waals surface area contributed by atoms with Gasteiger partial charge in [-0.15, -0.1) is 0 Å². The first kappa shape index (κ1) is 32.7. The van der Waals surface area contributed by atoms with Crippen LogP contribution in [-0.2, 0) is 0 Å². The molecule has 10 aromatic rings. The summed E-state index contributed by atoms with van der Waals surface area (Å²) in [5.41, 5.74) is 20.8. The summed E-state index contributed by atoms with van der Waals surface area (Å²) in [6, 6.07) is 63.6. The van der Waals surface area contributed by atoms with Crippen LogP contribution in [0, 0.1) is 27.7 Å². The van der Waals surface area contributed by atoms with E-state index in [2.05, 4.69) is 198 Å². The minimum absolute atomic E-state index is 1.22. The molecule has 0 amide bonds. The van der Waals surface area contributed by atoms with Crippen LogP contribution in [0.15, 0.2) is 170 Å². The number of hydrogen-bond donors (Lipinski definition) is 0. The quantitative estimate of drug-likeness (QED) is 0.126. The Balaban J connectivity index is 1.40. The van der Waals surface area contributed by atoms with E-state index in [1.54, 1.807) is 0 Å². The minimum Gasteiger partial charge on any atom is -0.0622 e. The van der Waals surface area contributed by atoms with Crippen LogP contribution in [0.4, 0.5) is 0 Å². The molecule has 0 nitrogen and oxygen atoms in total. The van der Waals surface area contributed by atoms with Crippen LogP contribution in [0.2, 0.25) is 0 Å². The Kier molecular flexibility index (Phi) is 7.22. The van der Waals surface area contributed by atoms with E-state index in [1.165, 1.54) is 132 Å². The third-order valence-electron chi connectivity index (χ3n) is 12.5. The molecule has 264 valence electrons. The lowest BCUT2D eigenvalue weighted by molar-refractivity contribution is 1.38. The predicted molar refractivity (Wildman–Crippen MR) is 242 cm³/mol. The molecular formula is C56H40. The Bertz CT molecular complexity index is 3210. The largest absolute Gasteiger partial charge is 0.0622 e. The molecule has 0 spiro atoms. The van der Waals surface area contributed by atoms with Crippen LogP contribution < -0.4 is 0 Å². The van der Waals surface area contributed by atoms with Gasteiger partial charge in [0.25, 0.3) is 0 Å². The van der Waals surface area contributed by atoms with Gasteiger partial charge in [0.15, 0.2) is 0 Å². The van der Waals surface area contributed by atoms with Crippen LogP contribution in [0.5, 0.6) is 0 Å². The van der Waals surface area contributed by atoms with Gasteiger partial charge in [0.05, 0.1) is 0 Å². The molecule has 11 rings (SSSR count). The van der Waals surface area contributed by atoms with E-state index in [0.29, 0.717) is 0 Å². The van der Waals surface area contributed by atoms with Gasteiger partial charge in [-0.1, -0.05) is 140 Å². The number of fused-ring (bicyclic) bond motifs is 7. The van der Waals surface area contributed by atoms with Crippen LogP contribution in [-0.4, -0.2) is 0 Å². The van der Waals surface area contributed by atoms with E-state index in [4.69, 9.17) is 0 Å². The Hall–Kier alpha value is -6.76. The van der Waals surface area contributed by atoms with Crippen molar-refractivity contribution in [1.29, 1.82) is 0 Å². The van der Waals surface area contributed by atoms with Gasteiger partial charge in [0, 0.05) is 0 Å². The highest BCUT2D eigenvalue weighted by Crippen LogP contribution is 2.60. The highest BCUT2D eigenvalue weighted by atomic mass is 14.4. The van der Waals surface area contributed by atoms with Gasteiger partial charge < -0.3 is 0 Å². The van der Waals surface area contributed by atoms with Gasteiger partial charge in [-0.2, -0.15) is 0 Å². The van der Waals surface area contributed by atoms with Crippen LogP contribution in [0.3, 0.4) is 0 Å². The molecule has 0 unspecified atom stereocenters. The van der Waals surface area contributed by atoms with E-state index in [1.807, 2.05) is 0 Å². The predicted octanol–water partition coefficient (Wildman–Crippen LogP) is 15.8. The topological polar surface area (TPSA) is 0 Å². The Morgan fingerprint density at radius 1 is 0.250 bits per heavy atom. The summed E-state index contributed by atoms with van der Waals surface area (Å²) in [5.74, 6) is 0. The molecule has 0 radical (unpaired) electrons. The molecule has 0 saturated carbocycles. The SMILES string of the molecule is Cc1cccc(C)c1-c1c2c(c(-c3c(C)cccc3C)c3cc4cc(-c5ccccc5)c(-c5ccccc5)cc4cc13)-c1cc3ccccc3c3cccc-2c13. The number of aryl methyl sites for hydroxylation is 4. The average molecular weight is 713 g/mol. The van der Waals surface area contributed by atoms with Crippen molar-refractivity contribution in [2.24, 2.45) is 0 Å². The molecule has 0 aromatic heterocycles. The minimum atomic E-state index is 1.22. The lowest BCUT2D eigenvalue weighted by Gasteiger charge is -2.25. The van der Waals surface area contributed by atoms with Gasteiger partial charge in [0.1, 0.15) is 0 Å². The first-order valence-corrected chi connectivity index (χ1v) is 19.8. The fraction of sp³-hybridized carbons (Fsp3) is 0.0714. The highest BCUT2D eigenvalue weighted by Gasteiger charge is 2.33. The molecule has 1 aliphatic rings. The Morgan fingerprint density at radius 2 is 0.679 bits per heavy atom. The second-order valence-corrected chi connectivity index (χ2v) is 15.8. The molecule has 0 saturated heterocycles. The summed E-state index contributed by atoms with van der Waals surface area (Å²) in [5, 5.41) is 10.4. The molecule has 10 aromatic carbocycles. The highest BCUT2D eigenvalue weighted by molar-refractivity contribution is 6.32. The third-order valence-corrected chi connectivity index (χ3v) is 12.5. The molecular weight excluding hydrogens is 673 g/mol. The zero-order valence-electron chi connectivity index (χ0n) is 32.2. The monoisotopic (exact) mass is 712 g/mol. The zero-order chi connectivity index (χ0) is 37.7. The van der Waals surface area contributed by atoms with Gasteiger partial charge >= 0.3 is 0 Å². The van der Waals surface area contributed by atoms with E-state index >= 15 is 0 Å². The Labute approximate surface area is 328 Å². The molecule has 0 heterocycles. The maximum Gasteiger partial charge on any atom is -0.000698 e. The number of benzene rings is 10. The maximum absolute atomic E-state index is 2.52. The second kappa shape index (κ2) is 12.4. The zero-order valence-corrected chi connectivity index (χ0v) is 32.2. The molecule has 0 heteroatoms. The molecule has 0 bridgehead atoms. The fourth-order valence-electron chi connectivity index (χ4n) is 10.0. The van der Waals surface area contributed by atoms with E-state index < -0.39 is 0 Å². The summed E-state index contributed by atoms with van der Waals surface area (Å²) < 4.78 is 0. The smallest absolute Gasteiger partial charge is 0.000698 e. The summed E-state index contributed by atoms with van der Waals surface area (Å²) in [6.45, 7) is 9.16. The summed E-state index contributed by atoms with van der Waals surface area (Å²) in [4.78, 5) is 0. The second-order valence-electron chi connectivity index (χ2n) is 15.8. The van der Waals surface area contributed by atoms with Crippen LogP contribution >= 0.6 is 0 Å². The van der Waals surface area contributed by atoms with Crippen LogP contribution in [0.25, 0.3) is 110 Å². The summed E-state index contributed by atoms with van der Waals surface area (Å²) in [6.07, 6.45) is 0. The Morgan fingerprint density at radius 3 is 1.21 bits per heavy atom. The average Bonchev–Trinajstić information content (AvgIpc) is 3.55. The molecule has 56 heavy (non-hydrogen) atoms. The third kappa shape index (κ3) is 4.72. The van der Waals surface area contributed by atoms with Crippen molar-refractivity contribution in [1.82, 2.24) is 0 Å². The van der Waals surface area contributed by atoms with Crippen molar-refractivity contribution in [2.75, 3.05) is 0 Å². The first-order chi connectivity index (χ1) is 27.5. The molecule has 0 N–H and O–H groups in total. The lowest BCUT2D eigenvalue weighted by Crippen LogP contribution is -1.99. The number of rotatable bonds is 4. The van der Waals surface area contributed by atoms with Crippen molar-refractivity contribution >= 4 is 43.1 Å². The summed E-state index contributed by atoms with van der Waals surface area (Å²) in [7, 11) is 0. The standard InChI is InChI=1S/C56H40/c1-33-16-13-17-34(2)50(33)54-47-31-40-29-45(37-20-7-5-8-21-37)46(38-22-9-6-10-23-38)30-41(40)32-48(47)55(51-35(3)18-14-19-36(51)4)56-49-28-39-24-11-12-25-42(39)43-26-15-27-44(52(43)49)53(54)56/h5-32H,1-4H3. The normalized spacial score (nSPS) is 11.9. The fourth-order valence-corrected chi connectivity index (χ4v) is 10.0. The first-order valence-electron chi connectivity index (χ1n) is 19.8. The molecule has 0 aliphatic heterocycles. The summed E-state index contributed by atoms with van der Waals surface area (Å²) >= 11 is 0. The maximum atomic E-state index is 2.52. The van der Waals surface area contributed by atoms with E-state index in [-0.39, 0.29) is 0 Å². The van der Waals surface area contributed by atoms with E-state index in [0.717, 1.165) is 0 Å². The lowest BCUT2D eigenvalue weighted by atomic mass is 9.78. The van der Waals surface area contributed by atoms with Gasteiger partial charge in [0.2, 0.25) is 0 Å². The van der Waals surface area contributed by atoms with Crippen LogP contribution in [0.1, 0.15) is 22.3 Å².